The fourth-order valence-electron chi connectivity index (χ4n) is 1.45. The molecule has 0 aliphatic rings. The molecule has 0 rings (SSSR count). The van der Waals surface area contributed by atoms with Crippen molar-refractivity contribution < 1.29 is 4.79 Å². The summed E-state index contributed by atoms with van der Waals surface area (Å²) >= 11 is 4.95. The molecule has 0 aliphatic heterocycles. The largest absolute Gasteiger partial charge is 0.393 e. The second-order valence-corrected chi connectivity index (χ2v) is 5.70. The summed E-state index contributed by atoms with van der Waals surface area (Å²) in [6, 6.07) is 0.198. The van der Waals surface area contributed by atoms with E-state index in [9.17, 15) is 4.79 Å². The van der Waals surface area contributed by atoms with Crippen molar-refractivity contribution >= 4 is 23.1 Å². The monoisotopic (exact) mass is 273 g/mol. The first-order valence-electron chi connectivity index (χ1n) is 6.58. The third-order valence-corrected chi connectivity index (χ3v) is 3.62. The third kappa shape index (κ3) is 6.91. The maximum absolute atomic E-state index is 11.9. The number of carbonyl (C=O) groups is 1. The van der Waals surface area contributed by atoms with Gasteiger partial charge in [0.05, 0.1) is 11.5 Å². The normalized spacial score (nSPS) is 14.6. The molecule has 0 spiro atoms. The van der Waals surface area contributed by atoms with E-state index in [2.05, 4.69) is 24.1 Å². The van der Waals surface area contributed by atoms with Crippen LogP contribution in [-0.4, -0.2) is 41.5 Å². The summed E-state index contributed by atoms with van der Waals surface area (Å²) in [5.74, 6) is 0.642. The topological polar surface area (TPSA) is 58.4 Å². The summed E-state index contributed by atoms with van der Waals surface area (Å²) in [5.41, 5.74) is 5.59. The zero-order chi connectivity index (χ0) is 14.3. The highest BCUT2D eigenvalue weighted by atomic mass is 32.1. The Bertz CT molecular complexity index is 281. The van der Waals surface area contributed by atoms with Crippen LogP contribution in [0.15, 0.2) is 0 Å². The first-order chi connectivity index (χ1) is 8.27. The van der Waals surface area contributed by atoms with Crippen molar-refractivity contribution in [3.05, 3.63) is 0 Å². The molecule has 0 fully saturated rings. The lowest BCUT2D eigenvalue weighted by Crippen LogP contribution is -2.44. The van der Waals surface area contributed by atoms with Crippen LogP contribution in [0.5, 0.6) is 0 Å². The van der Waals surface area contributed by atoms with Gasteiger partial charge in [-0.15, -0.1) is 0 Å². The first-order valence-corrected chi connectivity index (χ1v) is 6.99. The van der Waals surface area contributed by atoms with Gasteiger partial charge in [-0.3, -0.25) is 9.69 Å². The average molecular weight is 273 g/mol. The quantitative estimate of drug-likeness (QED) is 0.656. The number of nitrogens with two attached hydrogens (primary N) is 1. The van der Waals surface area contributed by atoms with Crippen LogP contribution in [0.3, 0.4) is 0 Å². The number of hydrogen-bond donors (Lipinski definition) is 2. The SMILES string of the molecule is CCN(CC(=O)NC(C)C(C)C)CC(C)C(N)=S. The summed E-state index contributed by atoms with van der Waals surface area (Å²) in [7, 11) is 0. The van der Waals surface area contributed by atoms with Crippen LogP contribution in [0.1, 0.15) is 34.6 Å². The van der Waals surface area contributed by atoms with Gasteiger partial charge in [-0.05, 0) is 19.4 Å². The summed E-state index contributed by atoms with van der Waals surface area (Å²) in [6.45, 7) is 12.2. The van der Waals surface area contributed by atoms with Crippen LogP contribution in [0.4, 0.5) is 0 Å². The molecule has 0 aromatic rings. The number of hydrogen-bond acceptors (Lipinski definition) is 3. The molecule has 0 aromatic heterocycles. The molecule has 4 nitrogen and oxygen atoms in total. The lowest BCUT2D eigenvalue weighted by molar-refractivity contribution is -0.123. The molecule has 0 saturated carbocycles. The number of rotatable bonds is 8. The fraction of sp³-hybridized carbons (Fsp3) is 0.846. The molecule has 106 valence electrons. The van der Waals surface area contributed by atoms with Gasteiger partial charge < -0.3 is 11.1 Å². The summed E-state index contributed by atoms with van der Waals surface area (Å²) < 4.78 is 0. The van der Waals surface area contributed by atoms with E-state index in [1.807, 2.05) is 20.8 Å². The number of thiocarbonyl (C=S) groups is 1. The molecule has 3 N–H and O–H groups in total. The Morgan fingerprint density at radius 2 is 1.89 bits per heavy atom. The minimum absolute atomic E-state index is 0.0631. The number of nitrogens with zero attached hydrogens (tertiary/aromatic N) is 1. The Labute approximate surface area is 116 Å². The highest BCUT2D eigenvalue weighted by molar-refractivity contribution is 7.80. The van der Waals surface area contributed by atoms with E-state index in [0.29, 0.717) is 17.5 Å². The van der Waals surface area contributed by atoms with Crippen molar-refractivity contribution in [2.45, 2.75) is 40.7 Å². The van der Waals surface area contributed by atoms with E-state index in [1.165, 1.54) is 0 Å². The predicted octanol–water partition coefficient (Wildman–Crippen LogP) is 1.39. The molecule has 1 amide bonds. The Balaban J connectivity index is 4.20. The molecular weight excluding hydrogens is 246 g/mol. The zero-order valence-corrected chi connectivity index (χ0v) is 13.0. The van der Waals surface area contributed by atoms with E-state index in [-0.39, 0.29) is 17.9 Å². The second-order valence-electron chi connectivity index (χ2n) is 5.23. The molecule has 0 aromatic carbocycles. The molecule has 2 unspecified atom stereocenters. The van der Waals surface area contributed by atoms with Crippen molar-refractivity contribution in [1.82, 2.24) is 10.2 Å². The van der Waals surface area contributed by atoms with Gasteiger partial charge in [0.2, 0.25) is 5.91 Å². The van der Waals surface area contributed by atoms with Gasteiger partial charge in [-0.2, -0.15) is 0 Å². The molecule has 0 saturated heterocycles. The van der Waals surface area contributed by atoms with Crippen LogP contribution < -0.4 is 11.1 Å². The van der Waals surface area contributed by atoms with Gasteiger partial charge in [0.25, 0.3) is 0 Å². The van der Waals surface area contributed by atoms with Gasteiger partial charge in [-0.25, -0.2) is 0 Å². The fourth-order valence-corrected chi connectivity index (χ4v) is 1.53. The lowest BCUT2D eigenvalue weighted by atomic mass is 10.1. The summed E-state index contributed by atoms with van der Waals surface area (Å²) in [6.07, 6.45) is 0. The highest BCUT2D eigenvalue weighted by Crippen LogP contribution is 2.02. The standard InChI is InChI=1S/C13H27N3OS/c1-6-16(7-10(4)13(14)18)8-12(17)15-11(5)9(2)3/h9-11H,6-8H2,1-5H3,(H2,14,18)(H,15,17). The van der Waals surface area contributed by atoms with Gasteiger partial charge >= 0.3 is 0 Å². The maximum Gasteiger partial charge on any atom is 0.234 e. The van der Waals surface area contributed by atoms with Crippen molar-refractivity contribution in [1.29, 1.82) is 0 Å². The van der Waals surface area contributed by atoms with Crippen molar-refractivity contribution in [3.8, 4) is 0 Å². The average Bonchev–Trinajstić information content (AvgIpc) is 2.27. The lowest BCUT2D eigenvalue weighted by Gasteiger charge is -2.25. The Morgan fingerprint density at radius 1 is 1.33 bits per heavy atom. The van der Waals surface area contributed by atoms with E-state index in [0.717, 1.165) is 13.1 Å². The zero-order valence-electron chi connectivity index (χ0n) is 12.2. The molecule has 0 bridgehead atoms. The molecular formula is C13H27N3OS. The molecule has 0 aliphatic carbocycles. The summed E-state index contributed by atoms with van der Waals surface area (Å²) in [4.78, 5) is 14.4. The molecule has 2 atom stereocenters. The van der Waals surface area contributed by atoms with Crippen LogP contribution in [0.2, 0.25) is 0 Å². The molecule has 0 heterocycles. The molecule has 5 heteroatoms. The molecule has 18 heavy (non-hydrogen) atoms. The van der Waals surface area contributed by atoms with Gasteiger partial charge in [-0.1, -0.05) is 39.9 Å². The minimum atomic E-state index is 0.0631. The third-order valence-electron chi connectivity index (χ3n) is 3.22. The van der Waals surface area contributed by atoms with Gasteiger partial charge in [0.15, 0.2) is 0 Å². The van der Waals surface area contributed by atoms with E-state index in [1.54, 1.807) is 0 Å². The number of amides is 1. The first kappa shape index (κ1) is 17.3. The number of nitrogens with one attached hydrogen (secondary N) is 1. The predicted molar refractivity (Wildman–Crippen MR) is 80.5 cm³/mol. The molecule has 0 radical (unpaired) electrons. The van der Waals surface area contributed by atoms with Gasteiger partial charge in [0.1, 0.15) is 0 Å². The van der Waals surface area contributed by atoms with Crippen LogP contribution in [-0.2, 0) is 4.79 Å². The number of carbonyl (C=O) groups excluding carboxylic acids is 1. The van der Waals surface area contributed by atoms with Crippen molar-refractivity contribution in [3.63, 3.8) is 0 Å². The van der Waals surface area contributed by atoms with Crippen molar-refractivity contribution in [2.24, 2.45) is 17.6 Å². The van der Waals surface area contributed by atoms with Crippen LogP contribution in [0.25, 0.3) is 0 Å². The smallest absolute Gasteiger partial charge is 0.234 e. The number of likely N-dealkylation sites (N-methyl/N-ethyl adjacent to an activating group) is 1. The Morgan fingerprint density at radius 3 is 2.28 bits per heavy atom. The Hall–Kier alpha value is -0.680. The van der Waals surface area contributed by atoms with Crippen LogP contribution in [0, 0.1) is 11.8 Å². The Kier molecular flexibility index (Phi) is 8.11. The van der Waals surface area contributed by atoms with E-state index in [4.69, 9.17) is 18.0 Å². The second kappa shape index (κ2) is 8.43. The maximum atomic E-state index is 11.9. The van der Waals surface area contributed by atoms with Crippen LogP contribution >= 0.6 is 12.2 Å². The van der Waals surface area contributed by atoms with Gasteiger partial charge in [0, 0.05) is 18.5 Å². The highest BCUT2D eigenvalue weighted by Gasteiger charge is 2.16. The minimum Gasteiger partial charge on any atom is -0.393 e. The summed E-state index contributed by atoms with van der Waals surface area (Å²) in [5, 5.41) is 3.00. The van der Waals surface area contributed by atoms with Crippen molar-refractivity contribution in [2.75, 3.05) is 19.6 Å². The van der Waals surface area contributed by atoms with E-state index >= 15 is 0 Å². The van der Waals surface area contributed by atoms with E-state index < -0.39 is 0 Å².